The Bertz CT molecular complexity index is 1270. The Labute approximate surface area is 206 Å². The Morgan fingerprint density at radius 1 is 1.31 bits per heavy atom. The molecule has 0 bridgehead atoms. The zero-order valence-corrected chi connectivity index (χ0v) is 20.1. The van der Waals surface area contributed by atoms with Gasteiger partial charge in [-0.05, 0) is 30.7 Å². The molecule has 1 aliphatic rings. The zero-order chi connectivity index (χ0) is 25.1. The molecule has 1 fully saturated rings. The lowest BCUT2D eigenvalue weighted by Crippen LogP contribution is -2.48. The maximum Gasteiger partial charge on any atom is 0.246 e. The van der Waals surface area contributed by atoms with Gasteiger partial charge in [0, 0.05) is 36.9 Å². The number of rotatable bonds is 7. The molecule has 2 heterocycles. The summed E-state index contributed by atoms with van der Waals surface area (Å²) in [6.45, 7) is 6.18. The largest absolute Gasteiger partial charge is 0.493 e. The van der Waals surface area contributed by atoms with E-state index in [9.17, 15) is 13.6 Å². The van der Waals surface area contributed by atoms with E-state index >= 15 is 0 Å². The second-order valence-corrected chi connectivity index (χ2v) is 8.53. The molecule has 2 atom stereocenters. The van der Waals surface area contributed by atoms with Crippen LogP contribution in [0.2, 0.25) is 5.02 Å². The number of piperidine rings is 1. The second-order valence-electron chi connectivity index (χ2n) is 8.15. The maximum absolute atomic E-state index is 14.5. The van der Waals surface area contributed by atoms with Crippen molar-refractivity contribution in [1.82, 2.24) is 14.9 Å². The van der Waals surface area contributed by atoms with Crippen molar-refractivity contribution in [3.05, 3.63) is 59.9 Å². The Hall–Kier alpha value is -3.46. The molecule has 0 aliphatic carbocycles. The maximum atomic E-state index is 14.5. The number of hydrogen-bond donors (Lipinski definition) is 1. The summed E-state index contributed by atoms with van der Waals surface area (Å²) in [5.74, 6) is -0.611. The van der Waals surface area contributed by atoms with Gasteiger partial charge in [-0.25, -0.2) is 18.7 Å². The second kappa shape index (κ2) is 10.4. The molecule has 1 aromatic heterocycles. The van der Waals surface area contributed by atoms with Gasteiger partial charge in [0.1, 0.15) is 29.1 Å². The third-order valence-electron chi connectivity index (χ3n) is 6.10. The van der Waals surface area contributed by atoms with Crippen molar-refractivity contribution in [1.29, 1.82) is 0 Å². The Morgan fingerprint density at radius 3 is 2.83 bits per heavy atom. The van der Waals surface area contributed by atoms with Crippen LogP contribution in [0.5, 0.6) is 11.5 Å². The van der Waals surface area contributed by atoms with Gasteiger partial charge < -0.3 is 19.7 Å². The van der Waals surface area contributed by atoms with Crippen LogP contribution in [0.15, 0.2) is 43.2 Å². The Balaban J connectivity index is 1.65. The summed E-state index contributed by atoms with van der Waals surface area (Å²) >= 11 is 5.71. The first-order valence-electron chi connectivity index (χ1n) is 11.2. The molecule has 4 rings (SSSR count). The molecule has 10 heteroatoms. The highest BCUT2D eigenvalue weighted by molar-refractivity contribution is 6.31. The number of hydrogen-bond acceptors (Lipinski definition) is 6. The number of methoxy groups -OCH3 is 1. The van der Waals surface area contributed by atoms with Gasteiger partial charge in [-0.2, -0.15) is 0 Å². The molecule has 1 saturated heterocycles. The third-order valence-corrected chi connectivity index (χ3v) is 6.45. The highest BCUT2D eigenvalue weighted by Crippen LogP contribution is 2.37. The van der Waals surface area contributed by atoms with E-state index in [1.807, 2.05) is 11.8 Å². The molecule has 1 aliphatic heterocycles. The van der Waals surface area contributed by atoms with Gasteiger partial charge in [0.25, 0.3) is 0 Å². The standard InChI is InChI=1S/C25H25ClF2N4O3/c1-4-14-10-15(8-9-32(14)22(33)5-2)35-21-11-16-19(12-20(21)34-3)29-13-30-25(16)31-18-7-6-17(27)23(26)24(18)28/h5-7,11-15H,2,4,8-10H2,1,3H3,(H,29,30,31)/t14?,15-/m1/s1. The van der Waals surface area contributed by atoms with E-state index < -0.39 is 16.7 Å². The van der Waals surface area contributed by atoms with E-state index in [0.717, 1.165) is 12.5 Å². The summed E-state index contributed by atoms with van der Waals surface area (Å²) in [6, 6.07) is 5.79. The van der Waals surface area contributed by atoms with Crippen LogP contribution in [0.3, 0.4) is 0 Å². The molecule has 2 aromatic carbocycles. The van der Waals surface area contributed by atoms with Gasteiger partial charge in [0.05, 0.1) is 18.3 Å². The summed E-state index contributed by atoms with van der Waals surface area (Å²) in [4.78, 5) is 22.5. The predicted molar refractivity (Wildman–Crippen MR) is 130 cm³/mol. The molecule has 0 spiro atoms. The molecule has 35 heavy (non-hydrogen) atoms. The first kappa shape index (κ1) is 24.7. The summed E-state index contributed by atoms with van der Waals surface area (Å²) in [5, 5.41) is 2.81. The fraction of sp³-hybridized carbons (Fsp3) is 0.320. The van der Waals surface area contributed by atoms with Crippen molar-refractivity contribution in [3.8, 4) is 11.5 Å². The summed E-state index contributed by atoms with van der Waals surface area (Å²) in [5.41, 5.74) is 0.512. The molecular formula is C25H25ClF2N4O3. The number of carbonyl (C=O) groups is 1. The van der Waals surface area contributed by atoms with Crippen molar-refractivity contribution in [2.24, 2.45) is 0 Å². The first-order chi connectivity index (χ1) is 16.9. The van der Waals surface area contributed by atoms with Gasteiger partial charge in [-0.3, -0.25) is 4.79 Å². The van der Waals surface area contributed by atoms with Gasteiger partial charge in [0.15, 0.2) is 17.3 Å². The highest BCUT2D eigenvalue weighted by atomic mass is 35.5. The fourth-order valence-corrected chi connectivity index (χ4v) is 4.43. The van der Waals surface area contributed by atoms with Crippen LogP contribution in [0.25, 0.3) is 10.9 Å². The van der Waals surface area contributed by atoms with Crippen LogP contribution < -0.4 is 14.8 Å². The molecule has 0 saturated carbocycles. The van der Waals surface area contributed by atoms with Crippen LogP contribution in [0.1, 0.15) is 26.2 Å². The van der Waals surface area contributed by atoms with Crippen molar-refractivity contribution in [2.75, 3.05) is 19.0 Å². The lowest BCUT2D eigenvalue weighted by atomic mass is 9.97. The lowest BCUT2D eigenvalue weighted by Gasteiger charge is -2.38. The number of nitrogens with zero attached hydrogens (tertiary/aromatic N) is 3. The monoisotopic (exact) mass is 502 g/mol. The van der Waals surface area contributed by atoms with Gasteiger partial charge in [-0.15, -0.1) is 0 Å². The number of nitrogens with one attached hydrogen (secondary N) is 1. The SMILES string of the molecule is C=CC(=O)N1CC[C@@H](Oc2cc3c(Nc4ccc(F)c(Cl)c4F)ncnc3cc2OC)CC1CC. The van der Waals surface area contributed by atoms with E-state index in [1.165, 1.54) is 25.6 Å². The van der Waals surface area contributed by atoms with Crippen LogP contribution in [0.4, 0.5) is 20.3 Å². The van der Waals surface area contributed by atoms with Gasteiger partial charge >= 0.3 is 0 Å². The van der Waals surface area contributed by atoms with Crippen LogP contribution in [-0.2, 0) is 4.79 Å². The first-order valence-corrected chi connectivity index (χ1v) is 11.6. The minimum Gasteiger partial charge on any atom is -0.493 e. The quantitative estimate of drug-likeness (QED) is 0.332. The number of benzene rings is 2. The number of amides is 1. The minimum atomic E-state index is -0.921. The van der Waals surface area contributed by atoms with E-state index in [4.69, 9.17) is 21.1 Å². The van der Waals surface area contributed by atoms with Crippen molar-refractivity contribution < 1.29 is 23.0 Å². The number of halogens is 3. The number of likely N-dealkylation sites (tertiary alicyclic amines) is 1. The lowest BCUT2D eigenvalue weighted by molar-refractivity contribution is -0.131. The Morgan fingerprint density at radius 2 is 2.11 bits per heavy atom. The average molecular weight is 503 g/mol. The van der Waals surface area contributed by atoms with Crippen molar-refractivity contribution in [2.45, 2.75) is 38.3 Å². The topological polar surface area (TPSA) is 76.6 Å². The van der Waals surface area contributed by atoms with E-state index in [1.54, 1.807) is 12.1 Å². The number of fused-ring (bicyclic) bond motifs is 1. The molecule has 1 N–H and O–H groups in total. The highest BCUT2D eigenvalue weighted by Gasteiger charge is 2.31. The van der Waals surface area contributed by atoms with E-state index in [0.29, 0.717) is 47.6 Å². The van der Waals surface area contributed by atoms with Gasteiger partial charge in [0.2, 0.25) is 5.91 Å². The summed E-state index contributed by atoms with van der Waals surface area (Å²) < 4.78 is 39.9. The van der Waals surface area contributed by atoms with Crippen LogP contribution in [0, 0.1) is 11.6 Å². The summed E-state index contributed by atoms with van der Waals surface area (Å²) in [6.07, 6.45) is 4.62. The minimum absolute atomic E-state index is 0.0280. The van der Waals surface area contributed by atoms with Crippen molar-refractivity contribution >= 4 is 39.9 Å². The van der Waals surface area contributed by atoms with Crippen LogP contribution >= 0.6 is 11.6 Å². The zero-order valence-electron chi connectivity index (χ0n) is 19.4. The summed E-state index contributed by atoms with van der Waals surface area (Å²) in [7, 11) is 1.53. The molecule has 1 unspecified atom stereocenters. The molecule has 184 valence electrons. The van der Waals surface area contributed by atoms with Crippen LogP contribution in [-0.4, -0.2) is 46.6 Å². The third kappa shape index (κ3) is 5.00. The number of carbonyl (C=O) groups excluding carboxylic acids is 1. The molecule has 1 amide bonds. The van der Waals surface area contributed by atoms with E-state index in [-0.39, 0.29) is 23.7 Å². The number of ether oxygens (including phenoxy) is 2. The smallest absolute Gasteiger partial charge is 0.246 e. The Kier molecular flexibility index (Phi) is 7.35. The number of aromatic nitrogens is 2. The fourth-order valence-electron chi connectivity index (χ4n) is 4.26. The predicted octanol–water partition coefficient (Wildman–Crippen LogP) is 5.65. The molecule has 3 aromatic rings. The van der Waals surface area contributed by atoms with E-state index in [2.05, 4.69) is 21.9 Å². The number of anilines is 2. The molecular weight excluding hydrogens is 478 g/mol. The normalized spacial score (nSPS) is 17.8. The average Bonchev–Trinajstić information content (AvgIpc) is 2.88. The molecule has 0 radical (unpaired) electrons. The van der Waals surface area contributed by atoms with Crippen molar-refractivity contribution in [3.63, 3.8) is 0 Å². The molecule has 7 nitrogen and oxygen atoms in total. The van der Waals surface area contributed by atoms with Gasteiger partial charge in [-0.1, -0.05) is 25.1 Å².